The first-order chi connectivity index (χ1) is 9.17. The average Bonchev–Trinajstić information content (AvgIpc) is 2.46. The summed E-state index contributed by atoms with van der Waals surface area (Å²) in [4.78, 5) is 14.4. The van der Waals surface area contributed by atoms with Gasteiger partial charge in [-0.05, 0) is 25.1 Å². The van der Waals surface area contributed by atoms with E-state index in [0.29, 0.717) is 17.1 Å². The van der Waals surface area contributed by atoms with Gasteiger partial charge in [0.15, 0.2) is 11.5 Å². The molecule has 1 aromatic carbocycles. The second-order valence-corrected chi connectivity index (χ2v) is 4.62. The Morgan fingerprint density at radius 1 is 1.32 bits per heavy atom. The molecule has 19 heavy (non-hydrogen) atoms. The van der Waals surface area contributed by atoms with Gasteiger partial charge in [-0.1, -0.05) is 0 Å². The zero-order chi connectivity index (χ0) is 13.8. The van der Waals surface area contributed by atoms with Crippen LogP contribution in [0.1, 0.15) is 17.3 Å². The second-order valence-electron chi connectivity index (χ2n) is 4.62. The number of hydrogen-bond donors (Lipinski definition) is 1. The number of rotatable bonds is 3. The zero-order valence-corrected chi connectivity index (χ0v) is 11.6. The Kier molecular flexibility index (Phi) is 4.27. The molecule has 0 bridgehead atoms. The lowest BCUT2D eigenvalue weighted by atomic mass is 10.1. The standard InChI is InChI=1S/C14H20N2O3/c1-10-9-15-6-7-16(10)14(17)11-4-5-12(18-2)13(8-11)19-3/h4-5,8,10,15H,6-7,9H2,1-3H3/t10-/m1/s1. The summed E-state index contributed by atoms with van der Waals surface area (Å²) in [5.74, 6) is 1.25. The Labute approximate surface area is 113 Å². The fraction of sp³-hybridized carbons (Fsp3) is 0.500. The van der Waals surface area contributed by atoms with E-state index in [1.807, 2.05) is 11.8 Å². The van der Waals surface area contributed by atoms with E-state index in [0.717, 1.165) is 19.6 Å². The summed E-state index contributed by atoms with van der Waals surface area (Å²) in [6.07, 6.45) is 0. The van der Waals surface area contributed by atoms with Crippen LogP contribution in [-0.4, -0.2) is 50.7 Å². The van der Waals surface area contributed by atoms with Gasteiger partial charge >= 0.3 is 0 Å². The minimum absolute atomic E-state index is 0.0370. The Balaban J connectivity index is 2.23. The Morgan fingerprint density at radius 2 is 2.05 bits per heavy atom. The normalized spacial score (nSPS) is 19.1. The first-order valence-electron chi connectivity index (χ1n) is 6.41. The van der Waals surface area contributed by atoms with Gasteiger partial charge in [-0.2, -0.15) is 0 Å². The number of nitrogens with zero attached hydrogens (tertiary/aromatic N) is 1. The van der Waals surface area contributed by atoms with E-state index in [1.165, 1.54) is 0 Å². The maximum Gasteiger partial charge on any atom is 0.254 e. The molecule has 1 aromatic rings. The molecule has 0 radical (unpaired) electrons. The van der Waals surface area contributed by atoms with Gasteiger partial charge in [0.25, 0.3) is 5.91 Å². The Morgan fingerprint density at radius 3 is 2.68 bits per heavy atom. The molecule has 1 fully saturated rings. The van der Waals surface area contributed by atoms with Crippen molar-refractivity contribution in [3.05, 3.63) is 23.8 Å². The van der Waals surface area contributed by atoms with E-state index >= 15 is 0 Å². The maximum absolute atomic E-state index is 12.5. The summed E-state index contributed by atoms with van der Waals surface area (Å²) in [7, 11) is 3.15. The van der Waals surface area contributed by atoms with Gasteiger partial charge in [-0.15, -0.1) is 0 Å². The Hall–Kier alpha value is -1.75. The second kappa shape index (κ2) is 5.93. The van der Waals surface area contributed by atoms with E-state index in [4.69, 9.17) is 9.47 Å². The van der Waals surface area contributed by atoms with E-state index in [-0.39, 0.29) is 11.9 Å². The first kappa shape index (κ1) is 13.7. The largest absolute Gasteiger partial charge is 0.493 e. The number of carbonyl (C=O) groups is 1. The van der Waals surface area contributed by atoms with Crippen LogP contribution in [-0.2, 0) is 0 Å². The topological polar surface area (TPSA) is 50.8 Å². The molecule has 0 saturated carbocycles. The number of piperazine rings is 1. The number of benzene rings is 1. The average molecular weight is 264 g/mol. The van der Waals surface area contributed by atoms with Crippen LogP contribution in [0.2, 0.25) is 0 Å². The summed E-state index contributed by atoms with van der Waals surface area (Å²) in [5.41, 5.74) is 0.631. The molecule has 1 saturated heterocycles. The highest BCUT2D eigenvalue weighted by Gasteiger charge is 2.24. The first-order valence-corrected chi connectivity index (χ1v) is 6.41. The molecule has 1 atom stereocenters. The quantitative estimate of drug-likeness (QED) is 0.889. The van der Waals surface area contributed by atoms with Crippen molar-refractivity contribution >= 4 is 5.91 Å². The molecule has 1 amide bonds. The van der Waals surface area contributed by atoms with Crippen molar-refractivity contribution in [2.45, 2.75) is 13.0 Å². The number of carbonyl (C=O) groups excluding carboxylic acids is 1. The van der Waals surface area contributed by atoms with Gasteiger partial charge in [0, 0.05) is 31.2 Å². The van der Waals surface area contributed by atoms with Crippen LogP contribution < -0.4 is 14.8 Å². The van der Waals surface area contributed by atoms with Crippen LogP contribution in [0.4, 0.5) is 0 Å². The van der Waals surface area contributed by atoms with Crippen molar-refractivity contribution in [3.63, 3.8) is 0 Å². The number of methoxy groups -OCH3 is 2. The number of nitrogens with one attached hydrogen (secondary N) is 1. The minimum atomic E-state index is 0.0370. The van der Waals surface area contributed by atoms with Crippen LogP contribution in [0, 0.1) is 0 Å². The zero-order valence-electron chi connectivity index (χ0n) is 11.6. The van der Waals surface area contributed by atoms with Gasteiger partial charge in [0.2, 0.25) is 0 Å². The SMILES string of the molecule is COc1ccc(C(=O)N2CCNC[C@H]2C)cc1OC. The van der Waals surface area contributed by atoms with Crippen LogP contribution in [0.3, 0.4) is 0 Å². The molecule has 0 spiro atoms. The molecular formula is C14H20N2O3. The van der Waals surface area contributed by atoms with Crippen molar-refractivity contribution in [1.29, 1.82) is 0 Å². The maximum atomic E-state index is 12.5. The summed E-state index contributed by atoms with van der Waals surface area (Å²) in [6.45, 7) is 4.45. The summed E-state index contributed by atoms with van der Waals surface area (Å²) < 4.78 is 10.4. The highest BCUT2D eigenvalue weighted by molar-refractivity contribution is 5.95. The third-order valence-corrected chi connectivity index (χ3v) is 3.39. The van der Waals surface area contributed by atoms with Crippen molar-refractivity contribution < 1.29 is 14.3 Å². The molecule has 0 unspecified atom stereocenters. The molecule has 1 aliphatic rings. The molecule has 1 aliphatic heterocycles. The third-order valence-electron chi connectivity index (χ3n) is 3.39. The summed E-state index contributed by atoms with van der Waals surface area (Å²) in [6, 6.07) is 5.47. The smallest absolute Gasteiger partial charge is 0.254 e. The highest BCUT2D eigenvalue weighted by Crippen LogP contribution is 2.28. The van der Waals surface area contributed by atoms with Gasteiger partial charge in [-0.25, -0.2) is 0 Å². The lowest BCUT2D eigenvalue weighted by Gasteiger charge is -2.34. The predicted octanol–water partition coefficient (Wildman–Crippen LogP) is 1.14. The molecule has 0 aromatic heterocycles. The lowest BCUT2D eigenvalue weighted by Crippen LogP contribution is -2.52. The molecule has 5 heteroatoms. The van der Waals surface area contributed by atoms with Gasteiger partial charge < -0.3 is 19.7 Å². The van der Waals surface area contributed by atoms with E-state index in [1.54, 1.807) is 32.4 Å². The van der Waals surface area contributed by atoms with E-state index in [2.05, 4.69) is 5.32 Å². The third kappa shape index (κ3) is 2.81. The van der Waals surface area contributed by atoms with Gasteiger partial charge in [0.1, 0.15) is 0 Å². The van der Waals surface area contributed by atoms with Gasteiger partial charge in [0.05, 0.1) is 14.2 Å². The fourth-order valence-electron chi connectivity index (χ4n) is 2.28. The number of ether oxygens (including phenoxy) is 2. The van der Waals surface area contributed by atoms with E-state index in [9.17, 15) is 4.79 Å². The molecule has 5 nitrogen and oxygen atoms in total. The summed E-state index contributed by atoms with van der Waals surface area (Å²) >= 11 is 0. The minimum Gasteiger partial charge on any atom is -0.493 e. The molecule has 104 valence electrons. The van der Waals surface area contributed by atoms with Crippen molar-refractivity contribution in [2.75, 3.05) is 33.9 Å². The van der Waals surface area contributed by atoms with Crippen LogP contribution in [0.5, 0.6) is 11.5 Å². The van der Waals surface area contributed by atoms with Gasteiger partial charge in [-0.3, -0.25) is 4.79 Å². The lowest BCUT2D eigenvalue weighted by molar-refractivity contribution is 0.0655. The molecular weight excluding hydrogens is 244 g/mol. The molecule has 2 rings (SSSR count). The van der Waals surface area contributed by atoms with Crippen molar-refractivity contribution in [3.8, 4) is 11.5 Å². The molecule has 1 N–H and O–H groups in total. The van der Waals surface area contributed by atoms with Crippen LogP contribution in [0.15, 0.2) is 18.2 Å². The summed E-state index contributed by atoms with van der Waals surface area (Å²) in [5, 5.41) is 3.27. The van der Waals surface area contributed by atoms with Crippen LogP contribution in [0.25, 0.3) is 0 Å². The van der Waals surface area contributed by atoms with Crippen LogP contribution >= 0.6 is 0 Å². The molecule has 0 aliphatic carbocycles. The highest BCUT2D eigenvalue weighted by atomic mass is 16.5. The Bertz CT molecular complexity index is 462. The fourth-order valence-corrected chi connectivity index (χ4v) is 2.28. The van der Waals surface area contributed by atoms with E-state index < -0.39 is 0 Å². The number of hydrogen-bond acceptors (Lipinski definition) is 4. The predicted molar refractivity (Wildman–Crippen MR) is 72.9 cm³/mol. The van der Waals surface area contributed by atoms with Crippen molar-refractivity contribution in [2.24, 2.45) is 0 Å². The molecule has 1 heterocycles. The number of amides is 1. The monoisotopic (exact) mass is 264 g/mol. The van der Waals surface area contributed by atoms with Crippen molar-refractivity contribution in [1.82, 2.24) is 10.2 Å².